The van der Waals surface area contributed by atoms with Gasteiger partial charge >= 0.3 is 0 Å². The maximum Gasteiger partial charge on any atom is 0.0317 e. The normalized spacial score (nSPS) is 12.3. The predicted octanol–water partition coefficient (Wildman–Crippen LogP) is 4.59. The summed E-state index contributed by atoms with van der Waals surface area (Å²) >= 11 is 0. The minimum atomic E-state index is 0.459. The Morgan fingerprint density at radius 1 is 0.950 bits per heavy atom. The topological polar surface area (TPSA) is 12.0 Å². The number of benzene rings is 2. The number of rotatable bonds is 6. The fraction of sp³-hybridized carbons (Fsp3) is 0.368. The van der Waals surface area contributed by atoms with E-state index in [9.17, 15) is 0 Å². The molecule has 2 aromatic rings. The molecule has 0 aliphatic rings. The first-order valence-electron chi connectivity index (χ1n) is 7.54. The third-order valence-electron chi connectivity index (χ3n) is 3.77. The van der Waals surface area contributed by atoms with Crippen molar-refractivity contribution in [2.75, 3.05) is 6.54 Å². The van der Waals surface area contributed by atoms with Gasteiger partial charge < -0.3 is 5.32 Å². The number of hydrogen-bond acceptors (Lipinski definition) is 1. The molecular weight excluding hydrogens is 242 g/mol. The molecule has 0 saturated carbocycles. The second-order valence-corrected chi connectivity index (χ2v) is 5.56. The molecule has 0 amide bonds. The second-order valence-electron chi connectivity index (χ2n) is 5.56. The van der Waals surface area contributed by atoms with Gasteiger partial charge in [-0.1, -0.05) is 66.6 Å². The average Bonchev–Trinajstić information content (AvgIpc) is 2.45. The zero-order valence-electron chi connectivity index (χ0n) is 12.8. The van der Waals surface area contributed by atoms with Gasteiger partial charge in [0.15, 0.2) is 0 Å². The van der Waals surface area contributed by atoms with E-state index >= 15 is 0 Å². The lowest BCUT2D eigenvalue weighted by Gasteiger charge is -2.18. The van der Waals surface area contributed by atoms with Crippen molar-refractivity contribution in [1.29, 1.82) is 0 Å². The van der Waals surface area contributed by atoms with Crippen LogP contribution in [0.1, 0.15) is 41.6 Å². The first-order valence-corrected chi connectivity index (χ1v) is 7.54. The van der Waals surface area contributed by atoms with Crippen LogP contribution >= 0.6 is 0 Å². The van der Waals surface area contributed by atoms with Crippen LogP contribution in [0.25, 0.3) is 0 Å². The molecular formula is C19H25N. The Morgan fingerprint density at radius 2 is 1.70 bits per heavy atom. The highest BCUT2D eigenvalue weighted by molar-refractivity contribution is 5.25. The first-order chi connectivity index (χ1) is 9.69. The van der Waals surface area contributed by atoms with Crippen LogP contribution < -0.4 is 5.32 Å². The highest BCUT2D eigenvalue weighted by atomic mass is 14.9. The van der Waals surface area contributed by atoms with Crippen LogP contribution in [0.4, 0.5) is 0 Å². The molecule has 0 aromatic heterocycles. The summed E-state index contributed by atoms with van der Waals surface area (Å²) < 4.78 is 0. The maximum atomic E-state index is 3.67. The van der Waals surface area contributed by atoms with E-state index in [-0.39, 0.29) is 0 Å². The standard InChI is InChI=1S/C19H25N/c1-4-19(18-10-8-15(2)9-11-18)20-13-12-17-7-5-6-16(3)14-17/h5-11,14,19-20H,4,12-13H2,1-3H3. The summed E-state index contributed by atoms with van der Waals surface area (Å²) in [5.41, 5.74) is 5.47. The molecule has 2 aromatic carbocycles. The number of hydrogen-bond donors (Lipinski definition) is 1. The number of nitrogens with one attached hydrogen (secondary N) is 1. The molecule has 1 N–H and O–H groups in total. The van der Waals surface area contributed by atoms with Crippen molar-refractivity contribution in [1.82, 2.24) is 5.32 Å². The summed E-state index contributed by atoms with van der Waals surface area (Å²) in [6, 6.07) is 18.1. The van der Waals surface area contributed by atoms with E-state index in [2.05, 4.69) is 74.6 Å². The van der Waals surface area contributed by atoms with Crippen molar-refractivity contribution in [2.45, 2.75) is 39.7 Å². The van der Waals surface area contributed by atoms with Crippen LogP contribution in [0, 0.1) is 13.8 Å². The largest absolute Gasteiger partial charge is 0.310 e. The minimum absolute atomic E-state index is 0.459. The Balaban J connectivity index is 1.89. The molecule has 0 aliphatic heterocycles. The summed E-state index contributed by atoms with van der Waals surface area (Å²) in [5, 5.41) is 3.67. The van der Waals surface area contributed by atoms with Gasteiger partial charge in [-0.25, -0.2) is 0 Å². The fourth-order valence-corrected chi connectivity index (χ4v) is 2.56. The molecule has 20 heavy (non-hydrogen) atoms. The molecule has 0 saturated heterocycles. The second kappa shape index (κ2) is 7.25. The van der Waals surface area contributed by atoms with Gasteiger partial charge in [-0.15, -0.1) is 0 Å². The van der Waals surface area contributed by atoms with Crippen molar-refractivity contribution < 1.29 is 0 Å². The molecule has 1 atom stereocenters. The molecule has 0 radical (unpaired) electrons. The third-order valence-corrected chi connectivity index (χ3v) is 3.77. The van der Waals surface area contributed by atoms with Crippen molar-refractivity contribution in [3.8, 4) is 0 Å². The van der Waals surface area contributed by atoms with Gasteiger partial charge in [0.1, 0.15) is 0 Å². The SMILES string of the molecule is CCC(NCCc1cccc(C)c1)c1ccc(C)cc1. The van der Waals surface area contributed by atoms with Gasteiger partial charge in [0.25, 0.3) is 0 Å². The molecule has 0 bridgehead atoms. The molecule has 0 spiro atoms. The fourth-order valence-electron chi connectivity index (χ4n) is 2.56. The van der Waals surface area contributed by atoms with Crippen molar-refractivity contribution in [2.24, 2.45) is 0 Å². The number of aryl methyl sites for hydroxylation is 2. The molecule has 106 valence electrons. The van der Waals surface area contributed by atoms with Crippen molar-refractivity contribution in [3.05, 3.63) is 70.8 Å². The van der Waals surface area contributed by atoms with E-state index < -0.39 is 0 Å². The van der Waals surface area contributed by atoms with Crippen LogP contribution in [0.2, 0.25) is 0 Å². The quantitative estimate of drug-likeness (QED) is 0.807. The molecule has 1 unspecified atom stereocenters. The van der Waals surface area contributed by atoms with Gasteiger partial charge in [-0.2, -0.15) is 0 Å². The molecule has 2 rings (SSSR count). The molecule has 1 nitrogen and oxygen atoms in total. The van der Waals surface area contributed by atoms with Gasteiger partial charge in [-0.05, 0) is 44.4 Å². The lowest BCUT2D eigenvalue weighted by atomic mass is 10.0. The Morgan fingerprint density at radius 3 is 2.35 bits per heavy atom. The zero-order chi connectivity index (χ0) is 14.4. The van der Waals surface area contributed by atoms with E-state index in [4.69, 9.17) is 0 Å². The Kier molecular flexibility index (Phi) is 5.37. The van der Waals surface area contributed by atoms with Crippen LogP contribution in [0.5, 0.6) is 0 Å². The maximum absolute atomic E-state index is 3.67. The van der Waals surface area contributed by atoms with E-state index in [0.717, 1.165) is 19.4 Å². The van der Waals surface area contributed by atoms with E-state index in [1.807, 2.05) is 0 Å². The van der Waals surface area contributed by atoms with E-state index in [0.29, 0.717) is 6.04 Å². The minimum Gasteiger partial charge on any atom is -0.310 e. The highest BCUT2D eigenvalue weighted by Gasteiger charge is 2.07. The van der Waals surface area contributed by atoms with Gasteiger partial charge in [0.2, 0.25) is 0 Å². The van der Waals surface area contributed by atoms with Crippen LogP contribution in [0.15, 0.2) is 48.5 Å². The van der Waals surface area contributed by atoms with Crippen molar-refractivity contribution in [3.63, 3.8) is 0 Å². The Labute approximate surface area is 123 Å². The molecule has 0 heterocycles. The zero-order valence-corrected chi connectivity index (χ0v) is 12.8. The van der Waals surface area contributed by atoms with Gasteiger partial charge in [0.05, 0.1) is 0 Å². The van der Waals surface area contributed by atoms with Gasteiger partial charge in [-0.3, -0.25) is 0 Å². The molecule has 0 aliphatic carbocycles. The van der Waals surface area contributed by atoms with Crippen LogP contribution in [-0.2, 0) is 6.42 Å². The molecule has 1 heteroatoms. The van der Waals surface area contributed by atoms with E-state index in [1.54, 1.807) is 0 Å². The Hall–Kier alpha value is -1.60. The summed E-state index contributed by atoms with van der Waals surface area (Å²) in [6.07, 6.45) is 2.21. The summed E-state index contributed by atoms with van der Waals surface area (Å²) in [5.74, 6) is 0. The summed E-state index contributed by atoms with van der Waals surface area (Å²) in [6.45, 7) is 7.55. The smallest absolute Gasteiger partial charge is 0.0317 e. The van der Waals surface area contributed by atoms with E-state index in [1.165, 1.54) is 22.3 Å². The van der Waals surface area contributed by atoms with Crippen LogP contribution in [-0.4, -0.2) is 6.54 Å². The first kappa shape index (κ1) is 14.8. The highest BCUT2D eigenvalue weighted by Crippen LogP contribution is 2.17. The third kappa shape index (κ3) is 4.21. The average molecular weight is 267 g/mol. The predicted molar refractivity (Wildman–Crippen MR) is 87.1 cm³/mol. The summed E-state index contributed by atoms with van der Waals surface area (Å²) in [4.78, 5) is 0. The lowest BCUT2D eigenvalue weighted by molar-refractivity contribution is 0.522. The summed E-state index contributed by atoms with van der Waals surface area (Å²) in [7, 11) is 0. The molecule has 0 fully saturated rings. The van der Waals surface area contributed by atoms with Gasteiger partial charge in [0, 0.05) is 6.04 Å². The Bertz CT molecular complexity index is 528. The monoisotopic (exact) mass is 267 g/mol. The van der Waals surface area contributed by atoms with Crippen LogP contribution in [0.3, 0.4) is 0 Å². The lowest BCUT2D eigenvalue weighted by Crippen LogP contribution is -2.23. The van der Waals surface area contributed by atoms with Crippen molar-refractivity contribution >= 4 is 0 Å².